The third-order valence-electron chi connectivity index (χ3n) is 4.87. The lowest BCUT2D eigenvalue weighted by molar-refractivity contribution is -0.141. The van der Waals surface area contributed by atoms with E-state index < -0.39 is 48.5 Å². The molecular formula is C18H31FN6O5. The molecule has 0 saturated carbocycles. The summed E-state index contributed by atoms with van der Waals surface area (Å²) in [5.41, 5.74) is 5.17. The smallest absolute Gasteiger partial charge is 0.405 e. The van der Waals surface area contributed by atoms with Gasteiger partial charge in [0.05, 0.1) is 6.04 Å². The van der Waals surface area contributed by atoms with Gasteiger partial charge in [0.25, 0.3) is 0 Å². The molecule has 3 amide bonds. The Balaban J connectivity index is 2.82. The molecule has 0 spiro atoms. The van der Waals surface area contributed by atoms with Crippen LogP contribution in [-0.4, -0.2) is 77.5 Å². The number of nitrogens with zero attached hydrogens (tertiary/aromatic N) is 1. The van der Waals surface area contributed by atoms with Crippen molar-refractivity contribution in [1.29, 1.82) is 5.41 Å². The van der Waals surface area contributed by atoms with Gasteiger partial charge >= 0.3 is 6.09 Å². The zero-order valence-corrected chi connectivity index (χ0v) is 17.2. The van der Waals surface area contributed by atoms with E-state index >= 15 is 0 Å². The first-order chi connectivity index (χ1) is 14.1. The van der Waals surface area contributed by atoms with Crippen molar-refractivity contribution < 1.29 is 28.7 Å². The summed E-state index contributed by atoms with van der Waals surface area (Å²) >= 11 is 0. The molecule has 0 aromatic carbocycles. The highest BCUT2D eigenvalue weighted by Gasteiger charge is 2.39. The molecule has 0 radical (unpaired) electrons. The Hall–Kier alpha value is -2.92. The highest BCUT2D eigenvalue weighted by atomic mass is 19.1. The minimum atomic E-state index is -1.34. The molecule has 1 aliphatic heterocycles. The van der Waals surface area contributed by atoms with Crippen LogP contribution in [0.4, 0.5) is 9.18 Å². The van der Waals surface area contributed by atoms with E-state index in [0.717, 1.165) is 0 Å². The monoisotopic (exact) mass is 430 g/mol. The van der Waals surface area contributed by atoms with E-state index in [4.69, 9.17) is 16.2 Å². The molecule has 0 aliphatic carbocycles. The lowest BCUT2D eigenvalue weighted by Gasteiger charge is -2.30. The summed E-state index contributed by atoms with van der Waals surface area (Å²) in [5, 5.41) is 23.3. The van der Waals surface area contributed by atoms with Crippen LogP contribution in [-0.2, 0) is 14.4 Å². The largest absolute Gasteiger partial charge is 0.465 e. The predicted octanol–water partition coefficient (Wildman–Crippen LogP) is -0.444. The molecule has 0 aromatic heterocycles. The first-order valence-electron chi connectivity index (χ1n) is 9.85. The number of likely N-dealkylation sites (tertiary alicyclic amines) is 1. The number of amides is 3. The summed E-state index contributed by atoms with van der Waals surface area (Å²) in [4.78, 5) is 49.8. The number of nitrogens with two attached hydrogens (primary N) is 1. The van der Waals surface area contributed by atoms with E-state index in [1.807, 2.05) is 0 Å². The maximum atomic E-state index is 12.9. The van der Waals surface area contributed by atoms with Gasteiger partial charge in [-0.15, -0.1) is 0 Å². The first-order valence-corrected chi connectivity index (χ1v) is 9.85. The second kappa shape index (κ2) is 11.9. The van der Waals surface area contributed by atoms with Gasteiger partial charge in [-0.3, -0.25) is 19.8 Å². The average Bonchev–Trinajstić information content (AvgIpc) is 3.16. The normalized spacial score (nSPS) is 17.9. The first kappa shape index (κ1) is 25.1. The maximum absolute atomic E-state index is 12.9. The van der Waals surface area contributed by atoms with Gasteiger partial charge in [-0.2, -0.15) is 0 Å². The van der Waals surface area contributed by atoms with E-state index in [1.165, 1.54) is 4.90 Å². The molecule has 11 nitrogen and oxygen atoms in total. The molecule has 1 fully saturated rings. The third kappa shape index (κ3) is 7.48. The van der Waals surface area contributed by atoms with Crippen molar-refractivity contribution in [3.05, 3.63) is 0 Å². The van der Waals surface area contributed by atoms with Crippen LogP contribution in [0.3, 0.4) is 0 Å². The van der Waals surface area contributed by atoms with Gasteiger partial charge in [0.2, 0.25) is 11.8 Å². The van der Waals surface area contributed by atoms with Crippen molar-refractivity contribution >= 4 is 29.7 Å². The highest BCUT2D eigenvalue weighted by Crippen LogP contribution is 2.21. The van der Waals surface area contributed by atoms with Gasteiger partial charge in [0.15, 0.2) is 11.7 Å². The van der Waals surface area contributed by atoms with Crippen LogP contribution in [0.25, 0.3) is 0 Å². The van der Waals surface area contributed by atoms with Crippen molar-refractivity contribution in [2.75, 3.05) is 19.8 Å². The Bertz CT molecular complexity index is 659. The third-order valence-corrected chi connectivity index (χ3v) is 4.87. The number of carbonyl (C=O) groups is 4. The molecule has 3 unspecified atom stereocenters. The number of nitrogens with one attached hydrogen (secondary N) is 4. The number of rotatable bonds is 11. The van der Waals surface area contributed by atoms with Crippen LogP contribution < -0.4 is 21.7 Å². The fourth-order valence-electron chi connectivity index (χ4n) is 3.33. The second-order valence-electron chi connectivity index (χ2n) is 7.50. The van der Waals surface area contributed by atoms with Crippen LogP contribution in [0.1, 0.15) is 39.5 Å². The summed E-state index contributed by atoms with van der Waals surface area (Å²) in [6.07, 6.45) is 0.0748. The SMILES string of the molecule is CC(C)C(NC(=O)O)C(=O)N1CCCC1C(=O)NC(CCCNC(=N)N)C(=O)CF. The van der Waals surface area contributed by atoms with Crippen LogP contribution in [0, 0.1) is 11.3 Å². The standard InChI is InChI=1S/C18H31FN6O5/c1-10(2)14(24-18(29)30)16(28)25-8-4-6-12(25)15(27)23-11(13(26)9-19)5-3-7-22-17(20)21/h10-12,14,24H,3-9H2,1-2H3,(H,23,27)(H,29,30)(H4,20,21,22). The number of guanidine groups is 1. The van der Waals surface area contributed by atoms with Crippen LogP contribution >= 0.6 is 0 Å². The van der Waals surface area contributed by atoms with Crippen LogP contribution in [0.2, 0.25) is 0 Å². The van der Waals surface area contributed by atoms with Crippen molar-refractivity contribution in [2.45, 2.75) is 57.7 Å². The topological polar surface area (TPSA) is 178 Å². The lowest BCUT2D eigenvalue weighted by atomic mass is 10.0. The molecule has 3 atom stereocenters. The molecule has 1 saturated heterocycles. The molecule has 170 valence electrons. The number of halogens is 1. The van der Waals surface area contributed by atoms with Gasteiger partial charge in [-0.25, -0.2) is 9.18 Å². The fourth-order valence-corrected chi connectivity index (χ4v) is 3.33. The number of carboxylic acid groups (broad SMARTS) is 1. The Morgan fingerprint density at radius 1 is 1.27 bits per heavy atom. The zero-order valence-electron chi connectivity index (χ0n) is 17.2. The van der Waals surface area contributed by atoms with Crippen molar-refractivity contribution in [2.24, 2.45) is 11.7 Å². The fraction of sp³-hybridized carbons (Fsp3) is 0.722. The minimum absolute atomic E-state index is 0.143. The van der Waals surface area contributed by atoms with Gasteiger partial charge < -0.3 is 31.7 Å². The van der Waals surface area contributed by atoms with E-state index in [9.17, 15) is 23.6 Å². The molecule has 1 heterocycles. The summed E-state index contributed by atoms with van der Waals surface area (Å²) in [6.45, 7) is 2.71. The van der Waals surface area contributed by atoms with E-state index in [2.05, 4.69) is 16.0 Å². The maximum Gasteiger partial charge on any atom is 0.405 e. The summed E-state index contributed by atoms with van der Waals surface area (Å²) < 4.78 is 12.9. The number of carbonyl (C=O) groups excluding carboxylic acids is 3. The summed E-state index contributed by atoms with van der Waals surface area (Å²) in [5.74, 6) is -2.43. The Morgan fingerprint density at radius 2 is 1.93 bits per heavy atom. The predicted molar refractivity (Wildman–Crippen MR) is 107 cm³/mol. The number of Topliss-reactive ketones (excluding diaryl/α,β-unsaturated/α-hetero) is 1. The molecule has 1 aliphatic rings. The molecule has 0 aromatic rings. The second-order valence-corrected chi connectivity index (χ2v) is 7.50. The highest BCUT2D eigenvalue weighted by molar-refractivity contribution is 5.95. The Labute approximate surface area is 174 Å². The summed E-state index contributed by atoms with van der Waals surface area (Å²) in [6, 6.07) is -2.93. The number of ketones is 1. The van der Waals surface area contributed by atoms with Gasteiger partial charge in [-0.1, -0.05) is 13.8 Å². The lowest BCUT2D eigenvalue weighted by Crippen LogP contribution is -2.56. The van der Waals surface area contributed by atoms with Crippen LogP contribution in [0.5, 0.6) is 0 Å². The van der Waals surface area contributed by atoms with E-state index in [1.54, 1.807) is 13.8 Å². The van der Waals surface area contributed by atoms with Gasteiger partial charge in [0.1, 0.15) is 18.8 Å². The average molecular weight is 430 g/mol. The molecule has 12 heteroatoms. The minimum Gasteiger partial charge on any atom is -0.465 e. The molecule has 1 rings (SSSR count). The number of hydrogen-bond acceptors (Lipinski definition) is 5. The van der Waals surface area contributed by atoms with E-state index in [-0.39, 0.29) is 31.4 Å². The molecule has 30 heavy (non-hydrogen) atoms. The quantitative estimate of drug-likeness (QED) is 0.146. The van der Waals surface area contributed by atoms with E-state index in [0.29, 0.717) is 19.3 Å². The molecule has 7 N–H and O–H groups in total. The Kier molecular flexibility index (Phi) is 9.99. The van der Waals surface area contributed by atoms with Crippen molar-refractivity contribution in [3.8, 4) is 0 Å². The molecule has 0 bridgehead atoms. The number of alkyl halides is 1. The van der Waals surface area contributed by atoms with Gasteiger partial charge in [-0.05, 0) is 31.6 Å². The van der Waals surface area contributed by atoms with Gasteiger partial charge in [0, 0.05) is 13.1 Å². The zero-order chi connectivity index (χ0) is 22.8. The molecular weight excluding hydrogens is 399 g/mol. The Morgan fingerprint density at radius 3 is 2.47 bits per heavy atom. The summed E-state index contributed by atoms with van der Waals surface area (Å²) in [7, 11) is 0. The van der Waals surface area contributed by atoms with Crippen molar-refractivity contribution in [1.82, 2.24) is 20.9 Å². The number of hydrogen-bond donors (Lipinski definition) is 6. The van der Waals surface area contributed by atoms with Crippen LogP contribution in [0.15, 0.2) is 0 Å². The van der Waals surface area contributed by atoms with Crippen molar-refractivity contribution in [3.63, 3.8) is 0 Å².